The van der Waals surface area contributed by atoms with Gasteiger partial charge in [0.1, 0.15) is 5.75 Å². The van der Waals surface area contributed by atoms with E-state index in [4.69, 9.17) is 0 Å². The Morgan fingerprint density at radius 2 is 1.74 bits per heavy atom. The number of fused-ring (bicyclic) bond motifs is 1. The fourth-order valence-corrected chi connectivity index (χ4v) is 3.36. The predicted octanol–water partition coefficient (Wildman–Crippen LogP) is 3.64. The molecule has 0 saturated heterocycles. The van der Waals surface area contributed by atoms with Crippen molar-refractivity contribution in [3.8, 4) is 5.75 Å². The van der Waals surface area contributed by atoms with Crippen molar-refractivity contribution >= 4 is 10.8 Å². The normalized spacial score (nSPS) is 17.9. The minimum Gasteiger partial charge on any atom is -0.507 e. The van der Waals surface area contributed by atoms with Gasteiger partial charge in [0.05, 0.1) is 0 Å². The van der Waals surface area contributed by atoms with E-state index in [9.17, 15) is 10.2 Å². The van der Waals surface area contributed by atoms with Crippen LogP contribution in [-0.2, 0) is 6.42 Å². The summed E-state index contributed by atoms with van der Waals surface area (Å²) in [7, 11) is 0. The summed E-state index contributed by atoms with van der Waals surface area (Å²) in [5, 5.41) is 22.1. The van der Waals surface area contributed by atoms with E-state index < -0.39 is 0 Å². The van der Waals surface area contributed by atoms with E-state index in [0.717, 1.165) is 35.6 Å². The maximum Gasteiger partial charge on any atom is 0.126 e. The third-order valence-corrected chi connectivity index (χ3v) is 4.55. The fraction of sp³-hybridized carbons (Fsp3) is 0.412. The lowest BCUT2D eigenvalue weighted by atomic mass is 9.80. The molecule has 0 bridgehead atoms. The highest BCUT2D eigenvalue weighted by molar-refractivity contribution is 5.89. The zero-order chi connectivity index (χ0) is 13.3. The van der Waals surface area contributed by atoms with E-state index >= 15 is 0 Å². The van der Waals surface area contributed by atoms with Crippen LogP contribution in [0.4, 0.5) is 0 Å². The van der Waals surface area contributed by atoms with Crippen LogP contribution in [0.15, 0.2) is 36.4 Å². The highest BCUT2D eigenvalue weighted by atomic mass is 16.3. The second-order valence-electron chi connectivity index (χ2n) is 5.84. The number of aliphatic hydroxyl groups excluding tert-OH is 1. The van der Waals surface area contributed by atoms with E-state index in [0.29, 0.717) is 5.75 Å². The van der Waals surface area contributed by atoms with Crippen LogP contribution in [-0.4, -0.2) is 16.8 Å². The average molecular weight is 256 g/mol. The highest BCUT2D eigenvalue weighted by Gasteiger charge is 2.34. The molecule has 0 heterocycles. The van der Waals surface area contributed by atoms with Crippen LogP contribution < -0.4 is 0 Å². The standard InChI is InChI=1S/C17H20O2/c18-12-17(9-3-4-10-17)11-14-8-7-13-5-1-2-6-15(13)16(14)19/h1-2,5-8,18-19H,3-4,9-12H2. The summed E-state index contributed by atoms with van der Waals surface area (Å²) >= 11 is 0. The van der Waals surface area contributed by atoms with E-state index in [-0.39, 0.29) is 12.0 Å². The Morgan fingerprint density at radius 1 is 1.00 bits per heavy atom. The first kappa shape index (κ1) is 12.5. The van der Waals surface area contributed by atoms with Gasteiger partial charge >= 0.3 is 0 Å². The van der Waals surface area contributed by atoms with Crippen molar-refractivity contribution in [2.75, 3.05) is 6.61 Å². The molecule has 1 fully saturated rings. The summed E-state index contributed by atoms with van der Waals surface area (Å²) < 4.78 is 0. The van der Waals surface area contributed by atoms with Crippen molar-refractivity contribution in [1.82, 2.24) is 0 Å². The van der Waals surface area contributed by atoms with E-state index in [1.54, 1.807) is 0 Å². The number of aromatic hydroxyl groups is 1. The SMILES string of the molecule is OCC1(Cc2ccc3ccccc3c2O)CCCC1. The van der Waals surface area contributed by atoms with Crippen LogP contribution in [0.2, 0.25) is 0 Å². The first-order valence-electron chi connectivity index (χ1n) is 7.05. The lowest BCUT2D eigenvalue weighted by Crippen LogP contribution is -2.24. The van der Waals surface area contributed by atoms with Crippen molar-refractivity contribution in [2.24, 2.45) is 5.41 Å². The zero-order valence-corrected chi connectivity index (χ0v) is 11.1. The lowest BCUT2D eigenvalue weighted by molar-refractivity contribution is 0.130. The van der Waals surface area contributed by atoms with Gasteiger partial charge < -0.3 is 10.2 Å². The number of benzene rings is 2. The molecule has 2 aromatic rings. The molecule has 1 aliphatic rings. The molecule has 2 heteroatoms. The Balaban J connectivity index is 1.99. The molecule has 1 aliphatic carbocycles. The molecule has 0 spiro atoms. The molecular formula is C17H20O2. The predicted molar refractivity (Wildman–Crippen MR) is 77.3 cm³/mol. The van der Waals surface area contributed by atoms with Gasteiger partial charge in [-0.2, -0.15) is 0 Å². The second kappa shape index (κ2) is 4.86. The van der Waals surface area contributed by atoms with Crippen molar-refractivity contribution in [2.45, 2.75) is 32.1 Å². The molecule has 0 radical (unpaired) electrons. The zero-order valence-electron chi connectivity index (χ0n) is 11.1. The number of hydrogen-bond acceptors (Lipinski definition) is 2. The smallest absolute Gasteiger partial charge is 0.126 e. The van der Waals surface area contributed by atoms with Crippen LogP contribution in [0.5, 0.6) is 5.75 Å². The van der Waals surface area contributed by atoms with Gasteiger partial charge in [-0.3, -0.25) is 0 Å². The molecule has 3 rings (SSSR count). The van der Waals surface area contributed by atoms with Gasteiger partial charge in [0.15, 0.2) is 0 Å². The lowest BCUT2D eigenvalue weighted by Gasteiger charge is -2.27. The summed E-state index contributed by atoms with van der Waals surface area (Å²) in [6, 6.07) is 12.0. The van der Waals surface area contributed by atoms with Crippen molar-refractivity contribution < 1.29 is 10.2 Å². The van der Waals surface area contributed by atoms with Crippen LogP contribution in [0.25, 0.3) is 10.8 Å². The largest absolute Gasteiger partial charge is 0.507 e. The van der Waals surface area contributed by atoms with Crippen LogP contribution >= 0.6 is 0 Å². The van der Waals surface area contributed by atoms with E-state index in [2.05, 4.69) is 6.07 Å². The molecule has 2 N–H and O–H groups in total. The number of phenols is 1. The van der Waals surface area contributed by atoms with Crippen LogP contribution in [0.3, 0.4) is 0 Å². The number of aliphatic hydroxyl groups is 1. The van der Waals surface area contributed by atoms with Gasteiger partial charge in [-0.25, -0.2) is 0 Å². The van der Waals surface area contributed by atoms with Crippen LogP contribution in [0, 0.1) is 5.41 Å². The first-order chi connectivity index (χ1) is 9.24. The Kier molecular flexibility index (Phi) is 3.19. The number of hydrogen-bond donors (Lipinski definition) is 2. The van der Waals surface area contributed by atoms with Crippen molar-refractivity contribution in [1.29, 1.82) is 0 Å². The maximum atomic E-state index is 10.4. The second-order valence-corrected chi connectivity index (χ2v) is 5.84. The quantitative estimate of drug-likeness (QED) is 0.880. The fourth-order valence-electron chi connectivity index (χ4n) is 3.36. The Hall–Kier alpha value is -1.54. The van der Waals surface area contributed by atoms with Gasteiger partial charge in [-0.15, -0.1) is 0 Å². The van der Waals surface area contributed by atoms with Gasteiger partial charge in [-0.1, -0.05) is 49.2 Å². The molecule has 2 nitrogen and oxygen atoms in total. The van der Waals surface area contributed by atoms with Gasteiger partial charge in [-0.05, 0) is 35.6 Å². The number of phenolic OH excluding ortho intramolecular Hbond substituents is 1. The Morgan fingerprint density at radius 3 is 2.47 bits per heavy atom. The molecule has 0 aliphatic heterocycles. The topological polar surface area (TPSA) is 40.5 Å². The van der Waals surface area contributed by atoms with Gasteiger partial charge in [0.2, 0.25) is 0 Å². The molecule has 19 heavy (non-hydrogen) atoms. The number of rotatable bonds is 3. The first-order valence-corrected chi connectivity index (χ1v) is 7.05. The molecule has 0 unspecified atom stereocenters. The molecule has 1 saturated carbocycles. The Bertz CT molecular complexity index is 583. The molecular weight excluding hydrogens is 236 g/mol. The third kappa shape index (κ3) is 2.21. The summed E-state index contributed by atoms with van der Waals surface area (Å²) in [5.41, 5.74) is 0.953. The van der Waals surface area contributed by atoms with Crippen molar-refractivity contribution in [3.63, 3.8) is 0 Å². The maximum absolute atomic E-state index is 10.4. The van der Waals surface area contributed by atoms with E-state index in [1.807, 2.05) is 30.3 Å². The average Bonchev–Trinajstić information content (AvgIpc) is 2.92. The summed E-state index contributed by atoms with van der Waals surface area (Å²) in [5.74, 6) is 0.387. The van der Waals surface area contributed by atoms with Crippen LogP contribution in [0.1, 0.15) is 31.2 Å². The molecule has 0 aromatic heterocycles. The van der Waals surface area contributed by atoms with E-state index in [1.165, 1.54) is 12.8 Å². The highest BCUT2D eigenvalue weighted by Crippen LogP contribution is 2.42. The summed E-state index contributed by atoms with van der Waals surface area (Å²) in [6.45, 7) is 0.221. The monoisotopic (exact) mass is 256 g/mol. The summed E-state index contributed by atoms with van der Waals surface area (Å²) in [4.78, 5) is 0. The molecule has 2 aromatic carbocycles. The Labute approximate surface area is 113 Å². The minimum atomic E-state index is -0.0140. The van der Waals surface area contributed by atoms with Crippen molar-refractivity contribution in [3.05, 3.63) is 42.0 Å². The summed E-state index contributed by atoms with van der Waals surface area (Å²) in [6.07, 6.45) is 5.29. The van der Waals surface area contributed by atoms with Gasteiger partial charge in [0.25, 0.3) is 0 Å². The molecule has 0 amide bonds. The third-order valence-electron chi connectivity index (χ3n) is 4.55. The van der Waals surface area contributed by atoms with Gasteiger partial charge in [0, 0.05) is 12.0 Å². The minimum absolute atomic E-state index is 0.0140. The molecule has 0 atom stereocenters. The molecule has 100 valence electrons.